The van der Waals surface area contributed by atoms with E-state index < -0.39 is 0 Å². The van der Waals surface area contributed by atoms with Crippen molar-refractivity contribution in [1.29, 1.82) is 0 Å². The van der Waals surface area contributed by atoms with Crippen LogP contribution in [0.5, 0.6) is 0 Å². The number of nitrogens with zero attached hydrogens (tertiary/aromatic N) is 5. The number of rotatable bonds is 1. The summed E-state index contributed by atoms with van der Waals surface area (Å²) in [5.41, 5.74) is 0. The van der Waals surface area contributed by atoms with Gasteiger partial charge in [-0.1, -0.05) is 0 Å². The van der Waals surface area contributed by atoms with E-state index in [1.807, 2.05) is 0 Å². The molecule has 0 radical (unpaired) electrons. The van der Waals surface area contributed by atoms with Crippen LogP contribution in [-0.2, 0) is 0 Å². The lowest BCUT2D eigenvalue weighted by molar-refractivity contribution is 0.530. The van der Waals surface area contributed by atoms with E-state index in [9.17, 15) is 0 Å². The molecule has 0 unspecified atom stereocenters. The largest absolute Gasteiger partial charge is 0.141 e. The van der Waals surface area contributed by atoms with Crippen LogP contribution < -0.4 is 0 Å². The first-order valence-corrected chi connectivity index (χ1v) is 2.57. The Morgan fingerprint density at radius 1 is 1.12 bits per heavy atom. The van der Waals surface area contributed by atoms with Crippen molar-refractivity contribution in [1.82, 2.24) is 25.7 Å². The number of hydrogen-bond donors (Lipinski definition) is 0. The molecule has 0 spiro atoms. The third-order valence-electron chi connectivity index (χ3n) is 1.18. The summed E-state index contributed by atoms with van der Waals surface area (Å²) >= 11 is 0. The van der Waals surface area contributed by atoms with E-state index in [2.05, 4.69) is 20.9 Å². The predicted molar refractivity (Wildman–Crippen MR) is 23.9 cm³/mol. The molecule has 5 nitrogen and oxygen atoms in total. The van der Waals surface area contributed by atoms with Gasteiger partial charge >= 0.3 is 0 Å². The van der Waals surface area contributed by atoms with E-state index in [0.717, 1.165) is 0 Å². The molecule has 0 atom stereocenters. The van der Waals surface area contributed by atoms with Crippen molar-refractivity contribution in [3.05, 3.63) is 0 Å². The van der Waals surface area contributed by atoms with E-state index in [1.54, 1.807) is 4.80 Å². The molecule has 0 N–H and O–H groups in total. The van der Waals surface area contributed by atoms with E-state index in [0.29, 0.717) is 6.04 Å². The monoisotopic (exact) mass is 111 g/mol. The molecule has 1 heterocycles. The molecular formula is C3H5N5. The fraction of sp³-hybridized carbons (Fsp3) is 1.00. The van der Waals surface area contributed by atoms with Crippen LogP contribution in [0.1, 0.15) is 18.9 Å². The molecule has 0 saturated heterocycles. The topological polar surface area (TPSA) is 56.5 Å². The summed E-state index contributed by atoms with van der Waals surface area (Å²) in [7, 11) is 0. The van der Waals surface area contributed by atoms with Gasteiger partial charge in [-0.15, -0.1) is 4.80 Å². The average molecular weight is 111 g/mol. The third-order valence-corrected chi connectivity index (χ3v) is 1.18. The molecule has 1 aliphatic carbocycles. The Bertz CT molecular complexity index is 164. The second-order valence-corrected chi connectivity index (χ2v) is 1.91. The normalized spacial score (nSPS) is 19.0. The van der Waals surface area contributed by atoms with Gasteiger partial charge in [0.05, 0.1) is 6.04 Å². The maximum Gasteiger partial charge on any atom is 0.0754 e. The molecule has 5 heteroatoms. The second-order valence-electron chi connectivity index (χ2n) is 1.91. The molecule has 2 rings (SSSR count). The summed E-state index contributed by atoms with van der Waals surface area (Å²) in [5.74, 6) is 0. The lowest BCUT2D eigenvalue weighted by atomic mass is 10.8. The standard InChI is InChI=1S/C3H5N5/c1-2-3(1)8-6-4-5-7-8/h3H,1-2H2. The van der Waals surface area contributed by atoms with E-state index >= 15 is 0 Å². The zero-order valence-corrected chi connectivity index (χ0v) is 4.23. The fourth-order valence-electron chi connectivity index (χ4n) is 0.587. The fourth-order valence-corrected chi connectivity index (χ4v) is 0.587. The van der Waals surface area contributed by atoms with Crippen LogP contribution in [0.15, 0.2) is 0 Å². The van der Waals surface area contributed by atoms with Crippen molar-refractivity contribution >= 4 is 0 Å². The van der Waals surface area contributed by atoms with Crippen LogP contribution >= 0.6 is 0 Å². The Labute approximate surface area is 45.7 Å². The van der Waals surface area contributed by atoms with Gasteiger partial charge in [0, 0.05) is 0 Å². The zero-order chi connectivity index (χ0) is 5.40. The van der Waals surface area contributed by atoms with Crippen LogP contribution in [0.2, 0.25) is 0 Å². The molecule has 0 aliphatic heterocycles. The van der Waals surface area contributed by atoms with Crippen molar-refractivity contribution in [2.24, 2.45) is 0 Å². The van der Waals surface area contributed by atoms with Gasteiger partial charge in [-0.05, 0) is 33.7 Å². The molecule has 1 aromatic heterocycles. The van der Waals surface area contributed by atoms with Crippen molar-refractivity contribution in [3.8, 4) is 0 Å². The van der Waals surface area contributed by atoms with Crippen molar-refractivity contribution in [2.75, 3.05) is 0 Å². The van der Waals surface area contributed by atoms with Crippen LogP contribution in [0.4, 0.5) is 0 Å². The highest BCUT2D eigenvalue weighted by molar-refractivity contribution is 4.73. The molecule has 0 aromatic carbocycles. The van der Waals surface area contributed by atoms with E-state index in [-0.39, 0.29) is 0 Å². The highest BCUT2D eigenvalue weighted by Crippen LogP contribution is 2.32. The maximum atomic E-state index is 3.62. The molecule has 1 fully saturated rings. The van der Waals surface area contributed by atoms with Gasteiger partial charge in [0.2, 0.25) is 0 Å². The summed E-state index contributed by atoms with van der Waals surface area (Å²) < 4.78 is 0. The molecule has 8 heavy (non-hydrogen) atoms. The van der Waals surface area contributed by atoms with Crippen LogP contribution in [-0.4, -0.2) is 25.7 Å². The molecular weight excluding hydrogens is 106 g/mol. The average Bonchev–Trinajstić information content (AvgIpc) is 2.49. The minimum atomic E-state index is 0.505. The predicted octanol–water partition coefficient (Wildman–Crippen LogP) is -0.597. The van der Waals surface area contributed by atoms with Crippen LogP contribution in [0.3, 0.4) is 0 Å². The Morgan fingerprint density at radius 2 is 1.75 bits per heavy atom. The van der Waals surface area contributed by atoms with Crippen LogP contribution in [0, 0.1) is 0 Å². The Balaban J connectivity index is 2.28. The first kappa shape index (κ1) is 3.94. The molecule has 1 saturated carbocycles. The Morgan fingerprint density at radius 3 is 2.25 bits per heavy atom. The highest BCUT2D eigenvalue weighted by atomic mass is 15.7. The highest BCUT2D eigenvalue weighted by Gasteiger charge is 2.25. The molecule has 1 aliphatic rings. The van der Waals surface area contributed by atoms with Crippen molar-refractivity contribution in [2.45, 2.75) is 18.9 Å². The summed E-state index contributed by atoms with van der Waals surface area (Å²) in [6.07, 6.45) is 2.36. The summed E-state index contributed by atoms with van der Waals surface area (Å²) in [4.78, 5) is 1.56. The van der Waals surface area contributed by atoms with Gasteiger partial charge in [0.15, 0.2) is 0 Å². The molecule has 0 bridgehead atoms. The first-order chi connectivity index (χ1) is 3.97. The Kier molecular flexibility index (Phi) is 0.610. The second kappa shape index (κ2) is 1.24. The SMILES string of the molecule is C1CC1n1nnnn1. The minimum Gasteiger partial charge on any atom is -0.141 e. The lowest BCUT2D eigenvalue weighted by Crippen LogP contribution is -1.98. The minimum absolute atomic E-state index is 0.505. The zero-order valence-electron chi connectivity index (χ0n) is 4.23. The molecule has 1 aromatic rings. The van der Waals surface area contributed by atoms with Gasteiger partial charge in [-0.2, -0.15) is 0 Å². The quantitative estimate of drug-likeness (QED) is 0.485. The van der Waals surface area contributed by atoms with Gasteiger partial charge < -0.3 is 0 Å². The van der Waals surface area contributed by atoms with Crippen molar-refractivity contribution in [3.63, 3.8) is 0 Å². The summed E-state index contributed by atoms with van der Waals surface area (Å²) in [5, 5.41) is 13.9. The summed E-state index contributed by atoms with van der Waals surface area (Å²) in [6.45, 7) is 0. The van der Waals surface area contributed by atoms with E-state index in [4.69, 9.17) is 0 Å². The smallest absolute Gasteiger partial charge is 0.0754 e. The van der Waals surface area contributed by atoms with E-state index in [1.165, 1.54) is 12.8 Å². The first-order valence-electron chi connectivity index (χ1n) is 2.57. The summed E-state index contributed by atoms with van der Waals surface area (Å²) in [6, 6.07) is 0.505. The maximum absolute atomic E-state index is 3.62. The third kappa shape index (κ3) is 0.473. The van der Waals surface area contributed by atoms with Crippen LogP contribution in [0.25, 0.3) is 0 Å². The Hall–Kier alpha value is -1.00. The molecule has 0 amide bonds. The van der Waals surface area contributed by atoms with Gasteiger partial charge in [0.1, 0.15) is 0 Å². The number of hydrogen-bond acceptors (Lipinski definition) is 4. The van der Waals surface area contributed by atoms with Gasteiger partial charge in [-0.25, -0.2) is 0 Å². The molecule has 42 valence electrons. The van der Waals surface area contributed by atoms with Gasteiger partial charge in [-0.3, -0.25) is 0 Å². The van der Waals surface area contributed by atoms with Crippen molar-refractivity contribution < 1.29 is 0 Å². The lowest BCUT2D eigenvalue weighted by Gasteiger charge is -1.83. The van der Waals surface area contributed by atoms with Gasteiger partial charge in [0.25, 0.3) is 0 Å². The number of aromatic nitrogens is 5.